The van der Waals surface area contributed by atoms with Crippen LogP contribution in [0.2, 0.25) is 0 Å². The minimum Gasteiger partial charge on any atom is -0.328 e. The van der Waals surface area contributed by atoms with Crippen LogP contribution in [0.15, 0.2) is 0 Å². The van der Waals surface area contributed by atoms with Gasteiger partial charge in [0.15, 0.2) is 0 Å². The zero-order chi connectivity index (χ0) is 5.28. The van der Waals surface area contributed by atoms with E-state index >= 15 is 0 Å². The highest BCUT2D eigenvalue weighted by Crippen LogP contribution is 2.33. The zero-order valence-corrected chi connectivity index (χ0v) is 5.46. The third-order valence-corrected chi connectivity index (χ3v) is 1.36. The van der Waals surface area contributed by atoms with Gasteiger partial charge in [0.05, 0.1) is 0 Å². The summed E-state index contributed by atoms with van der Waals surface area (Å²) in [5.41, 5.74) is 5.04. The van der Waals surface area contributed by atoms with Crippen LogP contribution in [0.25, 0.3) is 0 Å². The molecule has 1 aliphatic rings. The Morgan fingerprint density at radius 3 is 2.25 bits per heavy atom. The van der Waals surface area contributed by atoms with Gasteiger partial charge in [-0.05, 0) is 18.8 Å². The fourth-order valence-electron chi connectivity index (χ4n) is 0.650. The molecule has 1 rings (SSSR count). The van der Waals surface area contributed by atoms with Crippen LogP contribution in [0.1, 0.15) is 12.8 Å². The van der Waals surface area contributed by atoms with Crippen molar-refractivity contribution >= 4 is 12.4 Å². The normalized spacial score (nSPS) is 21.8. The molecule has 0 bridgehead atoms. The summed E-state index contributed by atoms with van der Waals surface area (Å²) in [6.45, 7) is 0.213. The number of halogens is 2. The molecule has 0 spiro atoms. The molecular weight excluding hydrogens is 129 g/mol. The quantitative estimate of drug-likeness (QED) is 0.610. The maximum atomic E-state index is 12.2. The molecule has 1 aliphatic carbocycles. The van der Waals surface area contributed by atoms with E-state index in [4.69, 9.17) is 5.73 Å². The molecule has 2 N–H and O–H groups in total. The third-order valence-electron chi connectivity index (χ3n) is 1.36. The molecule has 0 saturated heterocycles. The Hall–Kier alpha value is 0.180. The molecule has 0 aromatic rings. The van der Waals surface area contributed by atoms with Gasteiger partial charge in [0, 0.05) is 6.54 Å². The molecule has 50 valence electrons. The van der Waals surface area contributed by atoms with Gasteiger partial charge in [-0.2, -0.15) is 0 Å². The Morgan fingerprint density at radius 1 is 1.62 bits per heavy atom. The molecule has 0 aromatic carbocycles. The highest BCUT2D eigenvalue weighted by molar-refractivity contribution is 5.85. The molecule has 1 atom stereocenters. The smallest absolute Gasteiger partial charge is 0.115 e. The van der Waals surface area contributed by atoms with E-state index in [2.05, 4.69) is 0 Å². The van der Waals surface area contributed by atoms with Gasteiger partial charge < -0.3 is 5.73 Å². The SMILES string of the molecule is Cl.NCC(F)C1CC1. The van der Waals surface area contributed by atoms with Gasteiger partial charge in [0.25, 0.3) is 0 Å². The average molecular weight is 140 g/mol. The van der Waals surface area contributed by atoms with Gasteiger partial charge in [-0.15, -0.1) is 12.4 Å². The van der Waals surface area contributed by atoms with Crippen molar-refractivity contribution in [1.29, 1.82) is 0 Å². The molecule has 0 heterocycles. The third kappa shape index (κ3) is 1.97. The first kappa shape index (κ1) is 8.18. The minimum atomic E-state index is -0.708. The first-order valence-corrected chi connectivity index (χ1v) is 2.68. The predicted molar refractivity (Wildman–Crippen MR) is 33.9 cm³/mol. The molecule has 3 heteroatoms. The van der Waals surface area contributed by atoms with Crippen molar-refractivity contribution in [3.63, 3.8) is 0 Å². The van der Waals surface area contributed by atoms with Crippen molar-refractivity contribution in [2.75, 3.05) is 6.54 Å². The van der Waals surface area contributed by atoms with Crippen LogP contribution in [0.4, 0.5) is 4.39 Å². The highest BCUT2D eigenvalue weighted by atomic mass is 35.5. The monoisotopic (exact) mass is 139 g/mol. The first-order chi connectivity index (χ1) is 3.34. The number of hydrogen-bond donors (Lipinski definition) is 1. The topological polar surface area (TPSA) is 26.0 Å². The van der Waals surface area contributed by atoms with Gasteiger partial charge in [-0.25, -0.2) is 4.39 Å². The molecule has 0 aliphatic heterocycles. The number of alkyl halides is 1. The summed E-state index contributed by atoms with van der Waals surface area (Å²) in [7, 11) is 0. The van der Waals surface area contributed by atoms with Crippen LogP contribution in [0.5, 0.6) is 0 Å². The maximum absolute atomic E-state index is 12.2. The van der Waals surface area contributed by atoms with E-state index in [9.17, 15) is 4.39 Å². The van der Waals surface area contributed by atoms with Crippen molar-refractivity contribution in [3.05, 3.63) is 0 Å². The van der Waals surface area contributed by atoms with Crippen LogP contribution in [0, 0.1) is 5.92 Å². The van der Waals surface area contributed by atoms with Crippen LogP contribution in [-0.4, -0.2) is 12.7 Å². The summed E-state index contributed by atoms with van der Waals surface area (Å²) >= 11 is 0. The summed E-state index contributed by atoms with van der Waals surface area (Å²) in [6, 6.07) is 0. The summed E-state index contributed by atoms with van der Waals surface area (Å²) in [5.74, 6) is 0.324. The van der Waals surface area contributed by atoms with Gasteiger partial charge in [-0.3, -0.25) is 0 Å². The second-order valence-electron chi connectivity index (χ2n) is 2.09. The highest BCUT2D eigenvalue weighted by Gasteiger charge is 2.29. The Balaban J connectivity index is 0.000000490. The lowest BCUT2D eigenvalue weighted by Crippen LogP contribution is -2.16. The lowest BCUT2D eigenvalue weighted by atomic mass is 10.3. The fourth-order valence-corrected chi connectivity index (χ4v) is 0.650. The summed E-state index contributed by atoms with van der Waals surface area (Å²) < 4.78 is 12.2. The Kier molecular flexibility index (Phi) is 3.33. The van der Waals surface area contributed by atoms with E-state index < -0.39 is 6.17 Å². The average Bonchev–Trinajstić information content (AvgIpc) is 2.44. The van der Waals surface area contributed by atoms with E-state index in [-0.39, 0.29) is 19.0 Å². The standard InChI is InChI=1S/C5H10FN.ClH/c6-5(3-7)4-1-2-4;/h4-5H,1-3,7H2;1H. The molecule has 1 unspecified atom stereocenters. The van der Waals surface area contributed by atoms with Crippen LogP contribution >= 0.6 is 12.4 Å². The first-order valence-electron chi connectivity index (χ1n) is 2.68. The van der Waals surface area contributed by atoms with E-state index in [0.29, 0.717) is 5.92 Å². The van der Waals surface area contributed by atoms with Crippen LogP contribution < -0.4 is 5.73 Å². The fraction of sp³-hybridized carbons (Fsp3) is 1.00. The largest absolute Gasteiger partial charge is 0.328 e. The van der Waals surface area contributed by atoms with Crippen molar-refractivity contribution in [2.45, 2.75) is 19.0 Å². The molecule has 8 heavy (non-hydrogen) atoms. The molecule has 1 saturated carbocycles. The number of rotatable bonds is 2. The molecule has 0 radical (unpaired) electrons. The second-order valence-corrected chi connectivity index (χ2v) is 2.09. The van der Waals surface area contributed by atoms with E-state index in [1.165, 1.54) is 0 Å². The van der Waals surface area contributed by atoms with Gasteiger partial charge in [0.1, 0.15) is 6.17 Å². The van der Waals surface area contributed by atoms with Crippen molar-refractivity contribution in [2.24, 2.45) is 11.7 Å². The van der Waals surface area contributed by atoms with Crippen LogP contribution in [0.3, 0.4) is 0 Å². The van der Waals surface area contributed by atoms with Gasteiger partial charge in [0.2, 0.25) is 0 Å². The van der Waals surface area contributed by atoms with E-state index in [1.807, 2.05) is 0 Å². The summed E-state index contributed by atoms with van der Waals surface area (Å²) in [6.07, 6.45) is 1.40. The molecule has 0 amide bonds. The van der Waals surface area contributed by atoms with Crippen LogP contribution in [-0.2, 0) is 0 Å². The Morgan fingerprint density at radius 2 is 2.12 bits per heavy atom. The maximum Gasteiger partial charge on any atom is 0.115 e. The van der Waals surface area contributed by atoms with E-state index in [0.717, 1.165) is 12.8 Å². The molecule has 0 aromatic heterocycles. The lowest BCUT2D eigenvalue weighted by molar-refractivity contribution is 0.305. The molecule has 1 nitrogen and oxygen atoms in total. The van der Waals surface area contributed by atoms with Gasteiger partial charge >= 0.3 is 0 Å². The molecule has 1 fully saturated rings. The van der Waals surface area contributed by atoms with Crippen molar-refractivity contribution in [3.8, 4) is 0 Å². The summed E-state index contributed by atoms with van der Waals surface area (Å²) in [4.78, 5) is 0. The lowest BCUT2D eigenvalue weighted by Gasteiger charge is -1.97. The minimum absolute atomic E-state index is 0. The molecular formula is C5H11ClFN. The van der Waals surface area contributed by atoms with Crippen molar-refractivity contribution in [1.82, 2.24) is 0 Å². The second kappa shape index (κ2) is 3.25. The predicted octanol–water partition coefficient (Wildman–Crippen LogP) is 1.11. The van der Waals surface area contributed by atoms with E-state index in [1.54, 1.807) is 0 Å². The number of nitrogens with two attached hydrogens (primary N) is 1. The number of hydrogen-bond acceptors (Lipinski definition) is 1. The Bertz CT molecular complexity index is 65.4. The van der Waals surface area contributed by atoms with Gasteiger partial charge in [-0.1, -0.05) is 0 Å². The zero-order valence-electron chi connectivity index (χ0n) is 4.64. The summed E-state index contributed by atoms with van der Waals surface area (Å²) in [5, 5.41) is 0. The van der Waals surface area contributed by atoms with Crippen molar-refractivity contribution < 1.29 is 4.39 Å². The Labute approximate surface area is 54.9 Å².